The quantitative estimate of drug-likeness (QED) is 0.0297. The number of unbranched alkanes of at least 4 members (excludes halogenated alkanes) is 9. The molecule has 1 unspecified atom stereocenters. The second kappa shape index (κ2) is 23.2. The fourth-order valence-electron chi connectivity index (χ4n) is 7.89. The van der Waals surface area contributed by atoms with Gasteiger partial charge < -0.3 is 14.5 Å². The standard InChI is InChI=1S/C50H56ClN5O7S/c1-3-4-5-6-7-8-9-10-11-19-30-53-64(60,61)41-28-29-43(42(51)33-41)54-48(58)47(46(57)36-20-13-12-14-21-36)63-50(59)56(39-22-15-16-23-39)40-27-26-37(35(2)31-40)32-38(34-52)49-55-44-24-17-18-25-45(44)62-49/h12-14,17-18,20-21,24-29,31-33,39,47,53H,3-11,15-16,19,22-23,30H2,1-2H3,(H,54,58)/b38-32+. The summed E-state index contributed by atoms with van der Waals surface area (Å²) in [5.74, 6) is -1.54. The Hall–Kier alpha value is -5.81. The molecular formula is C50H56ClN5O7S. The van der Waals surface area contributed by atoms with Crippen molar-refractivity contribution in [3.05, 3.63) is 119 Å². The maximum atomic E-state index is 14.4. The van der Waals surface area contributed by atoms with E-state index in [1.54, 1.807) is 54.6 Å². The van der Waals surface area contributed by atoms with Crippen LogP contribution in [0.25, 0.3) is 22.7 Å². The number of carbonyl (C=O) groups excluding carboxylic acids is 3. The molecule has 1 saturated carbocycles. The van der Waals surface area contributed by atoms with Crippen molar-refractivity contribution in [2.75, 3.05) is 16.8 Å². The minimum Gasteiger partial charge on any atom is -0.435 e. The molecule has 1 aliphatic carbocycles. The van der Waals surface area contributed by atoms with E-state index in [2.05, 4.69) is 28.0 Å². The van der Waals surface area contributed by atoms with E-state index in [-0.39, 0.29) is 45.2 Å². The number of rotatable bonds is 22. The van der Waals surface area contributed by atoms with Crippen LogP contribution in [-0.4, -0.2) is 49.9 Å². The molecule has 0 spiro atoms. The number of nitriles is 1. The van der Waals surface area contributed by atoms with E-state index in [4.69, 9.17) is 20.8 Å². The summed E-state index contributed by atoms with van der Waals surface area (Å²) in [4.78, 5) is 48.3. The summed E-state index contributed by atoms with van der Waals surface area (Å²) in [6, 6.07) is 26.4. The number of anilines is 2. The van der Waals surface area contributed by atoms with Crippen molar-refractivity contribution in [1.29, 1.82) is 5.26 Å². The number of fused-ring (bicyclic) bond motifs is 1. The summed E-state index contributed by atoms with van der Waals surface area (Å²) in [7, 11) is -3.90. The predicted molar refractivity (Wildman–Crippen MR) is 252 cm³/mol. The number of hydrogen-bond acceptors (Lipinski definition) is 9. The molecule has 4 aromatic carbocycles. The van der Waals surface area contributed by atoms with Crippen molar-refractivity contribution in [3.63, 3.8) is 0 Å². The average Bonchev–Trinajstić information content (AvgIpc) is 3.99. The van der Waals surface area contributed by atoms with Crippen molar-refractivity contribution in [1.82, 2.24) is 9.71 Å². The minimum atomic E-state index is -3.90. The Bertz CT molecular complexity index is 2550. The van der Waals surface area contributed by atoms with Gasteiger partial charge in [0.2, 0.25) is 27.8 Å². The van der Waals surface area contributed by atoms with Gasteiger partial charge in [0.15, 0.2) is 5.58 Å². The van der Waals surface area contributed by atoms with E-state index in [0.717, 1.165) is 37.7 Å². The number of allylic oxidation sites excluding steroid dienone is 1. The first-order valence-corrected chi connectivity index (χ1v) is 24.1. The van der Waals surface area contributed by atoms with Crippen LogP contribution in [0, 0.1) is 18.3 Å². The Morgan fingerprint density at radius 3 is 2.23 bits per heavy atom. The molecule has 336 valence electrons. The number of hydrogen-bond donors (Lipinski definition) is 2. The van der Waals surface area contributed by atoms with Gasteiger partial charge in [-0.1, -0.05) is 138 Å². The number of ether oxygens (including phenoxy) is 1. The molecule has 0 aliphatic heterocycles. The molecule has 2 amide bonds. The number of nitrogens with zero attached hydrogens (tertiary/aromatic N) is 3. The number of Topliss-reactive ketones (excluding diaryl/α,β-unsaturated/α-hetero) is 1. The van der Waals surface area contributed by atoms with E-state index in [0.29, 0.717) is 41.6 Å². The molecule has 64 heavy (non-hydrogen) atoms. The van der Waals surface area contributed by atoms with Crippen molar-refractivity contribution < 1.29 is 32.0 Å². The highest BCUT2D eigenvalue weighted by Gasteiger charge is 2.37. The van der Waals surface area contributed by atoms with Crippen LogP contribution in [0.1, 0.15) is 124 Å². The van der Waals surface area contributed by atoms with Crippen molar-refractivity contribution in [2.24, 2.45) is 0 Å². The third-order valence-corrected chi connectivity index (χ3v) is 13.2. The number of nitrogens with one attached hydrogen (secondary N) is 2. The molecule has 1 aliphatic rings. The fourth-order valence-corrected chi connectivity index (χ4v) is 9.28. The second-order valence-electron chi connectivity index (χ2n) is 16.2. The third-order valence-electron chi connectivity index (χ3n) is 11.4. The van der Waals surface area contributed by atoms with Crippen LogP contribution in [0.5, 0.6) is 0 Å². The van der Waals surface area contributed by atoms with E-state index < -0.39 is 33.9 Å². The van der Waals surface area contributed by atoms with Crippen molar-refractivity contribution >= 4 is 73.5 Å². The zero-order chi connectivity index (χ0) is 45.5. The van der Waals surface area contributed by atoms with Gasteiger partial charge in [0.1, 0.15) is 17.2 Å². The summed E-state index contributed by atoms with van der Waals surface area (Å²) in [6.45, 7) is 4.34. The van der Waals surface area contributed by atoms with Crippen LogP contribution in [-0.2, 0) is 19.6 Å². The van der Waals surface area contributed by atoms with E-state index in [9.17, 15) is 28.1 Å². The monoisotopic (exact) mass is 905 g/mol. The first-order valence-electron chi connectivity index (χ1n) is 22.3. The predicted octanol–water partition coefficient (Wildman–Crippen LogP) is 11.8. The lowest BCUT2D eigenvalue weighted by Crippen LogP contribution is -2.46. The van der Waals surface area contributed by atoms with Crippen LogP contribution < -0.4 is 14.9 Å². The van der Waals surface area contributed by atoms with E-state index in [1.165, 1.54) is 73.8 Å². The number of amides is 2. The Morgan fingerprint density at radius 1 is 0.906 bits per heavy atom. The lowest BCUT2D eigenvalue weighted by atomic mass is 10.0. The molecule has 12 nitrogen and oxygen atoms in total. The number of para-hydroxylation sites is 2. The molecule has 1 fully saturated rings. The molecule has 1 aromatic heterocycles. The molecule has 0 radical (unpaired) electrons. The summed E-state index contributed by atoms with van der Waals surface area (Å²) >= 11 is 6.56. The van der Waals surface area contributed by atoms with Crippen LogP contribution in [0.15, 0.2) is 100 Å². The van der Waals surface area contributed by atoms with E-state index in [1.807, 2.05) is 19.1 Å². The highest BCUT2D eigenvalue weighted by Crippen LogP contribution is 2.33. The molecule has 5 aromatic rings. The largest absolute Gasteiger partial charge is 0.435 e. The van der Waals surface area contributed by atoms with Gasteiger partial charge >= 0.3 is 6.09 Å². The number of sulfonamides is 1. The summed E-state index contributed by atoms with van der Waals surface area (Å²) < 4.78 is 40.7. The minimum absolute atomic E-state index is 0.0312. The Kier molecular flexibility index (Phi) is 17.3. The van der Waals surface area contributed by atoms with Crippen LogP contribution in [0.3, 0.4) is 0 Å². The van der Waals surface area contributed by atoms with Crippen LogP contribution >= 0.6 is 11.6 Å². The maximum absolute atomic E-state index is 14.4. The Balaban J connectivity index is 1.15. The number of ketones is 1. The van der Waals surface area contributed by atoms with E-state index >= 15 is 0 Å². The van der Waals surface area contributed by atoms with Gasteiger partial charge in [-0.2, -0.15) is 5.26 Å². The number of halogens is 1. The Labute approximate surface area is 381 Å². The molecule has 1 heterocycles. The number of benzene rings is 4. The molecule has 1 atom stereocenters. The highest BCUT2D eigenvalue weighted by atomic mass is 35.5. The van der Waals surface area contributed by atoms with Crippen molar-refractivity contribution in [2.45, 2.75) is 121 Å². The van der Waals surface area contributed by atoms with Crippen LogP contribution in [0.2, 0.25) is 5.02 Å². The average molecular weight is 907 g/mol. The normalized spacial score (nSPS) is 13.7. The SMILES string of the molecule is CCCCCCCCCCCCNS(=O)(=O)c1ccc(NC(=O)C(OC(=O)N(c2ccc(/C=C(\C#N)c3nc4ccccc4o3)c(C)c2)C2CCCC2)C(=O)c2ccccc2)c(Cl)c1. The van der Waals surface area contributed by atoms with Gasteiger partial charge in [-0.25, -0.2) is 22.9 Å². The topological polar surface area (TPSA) is 172 Å². The molecule has 2 N–H and O–H groups in total. The molecular weight excluding hydrogens is 850 g/mol. The second-order valence-corrected chi connectivity index (χ2v) is 18.4. The third kappa shape index (κ3) is 12.7. The van der Waals surface area contributed by atoms with Gasteiger partial charge in [0.25, 0.3) is 5.91 Å². The molecule has 6 rings (SSSR count). The smallest absolute Gasteiger partial charge is 0.415 e. The maximum Gasteiger partial charge on any atom is 0.415 e. The number of carbonyl (C=O) groups is 3. The number of aryl methyl sites for hydroxylation is 1. The zero-order valence-electron chi connectivity index (χ0n) is 36.5. The summed E-state index contributed by atoms with van der Waals surface area (Å²) in [5.41, 5.74) is 3.50. The molecule has 0 saturated heterocycles. The lowest BCUT2D eigenvalue weighted by Gasteiger charge is -2.30. The number of aromatic nitrogens is 1. The Morgan fingerprint density at radius 2 is 1.58 bits per heavy atom. The fraction of sp³-hybridized carbons (Fsp3) is 0.380. The first kappa shape index (κ1) is 47.7. The van der Waals surface area contributed by atoms with Gasteiger partial charge in [-0.15, -0.1) is 0 Å². The molecule has 0 bridgehead atoms. The van der Waals surface area contributed by atoms with Gasteiger partial charge in [0, 0.05) is 23.8 Å². The zero-order valence-corrected chi connectivity index (χ0v) is 38.1. The highest BCUT2D eigenvalue weighted by molar-refractivity contribution is 7.89. The van der Waals surface area contributed by atoms with Crippen molar-refractivity contribution in [3.8, 4) is 6.07 Å². The van der Waals surface area contributed by atoms with Gasteiger partial charge in [-0.05, 0) is 85.9 Å². The summed E-state index contributed by atoms with van der Waals surface area (Å²) in [5, 5.41) is 12.5. The van der Waals surface area contributed by atoms with Crippen LogP contribution in [0.4, 0.5) is 16.2 Å². The summed E-state index contributed by atoms with van der Waals surface area (Å²) in [6.07, 6.45) is 13.3. The lowest BCUT2D eigenvalue weighted by molar-refractivity contribution is -0.122. The first-order chi connectivity index (χ1) is 31.0. The molecule has 14 heteroatoms. The van der Waals surface area contributed by atoms with Gasteiger partial charge in [-0.3, -0.25) is 14.5 Å². The number of oxazole rings is 1. The van der Waals surface area contributed by atoms with Gasteiger partial charge in [0.05, 0.1) is 15.6 Å².